The Hall–Kier alpha value is -3.73. The molecule has 5 nitrogen and oxygen atoms in total. The van der Waals surface area contributed by atoms with Gasteiger partial charge in [0.05, 0.1) is 0 Å². The van der Waals surface area contributed by atoms with Gasteiger partial charge in [-0.1, -0.05) is 65.3 Å². The molecule has 0 saturated carbocycles. The van der Waals surface area contributed by atoms with E-state index in [2.05, 4.69) is 27.6 Å². The predicted molar refractivity (Wildman–Crippen MR) is 108 cm³/mol. The first-order valence-electron chi connectivity index (χ1n) is 9.02. The van der Waals surface area contributed by atoms with E-state index in [1.165, 1.54) is 5.56 Å². The van der Waals surface area contributed by atoms with Crippen LogP contribution in [-0.2, 0) is 6.42 Å². The van der Waals surface area contributed by atoms with Gasteiger partial charge in [-0.25, -0.2) is 0 Å². The largest absolute Gasteiger partial charge is 0.403 e. The zero-order chi connectivity index (χ0) is 19.3. The summed E-state index contributed by atoms with van der Waals surface area (Å²) in [6.07, 6.45) is 0.826. The molecule has 0 aliphatic heterocycles. The molecule has 1 aromatic heterocycles. The first kappa shape index (κ1) is 17.7. The number of anilines is 1. The molecule has 3 aromatic carbocycles. The van der Waals surface area contributed by atoms with E-state index < -0.39 is 0 Å². The first-order valence-corrected chi connectivity index (χ1v) is 9.02. The molecule has 0 atom stereocenters. The number of amides is 1. The fraction of sp³-hybridized carbons (Fsp3) is 0.0870. The summed E-state index contributed by atoms with van der Waals surface area (Å²) in [5, 5.41) is 10.5. The van der Waals surface area contributed by atoms with Gasteiger partial charge in [-0.05, 0) is 48.7 Å². The molecule has 0 saturated heterocycles. The standard InChI is InChI=1S/C23H19N3O2/c1-16-7-11-20(12-8-16)22-25-26-23(28-22)24-21(27)19-13-9-18(10-14-19)15-17-5-3-2-4-6-17/h2-14H,15H2,1H3,(H,24,26,27). The lowest BCUT2D eigenvalue weighted by atomic mass is 10.0. The third-order valence-corrected chi connectivity index (χ3v) is 4.41. The van der Waals surface area contributed by atoms with E-state index in [1.54, 1.807) is 12.1 Å². The minimum atomic E-state index is -0.287. The smallest absolute Gasteiger partial charge is 0.322 e. The second kappa shape index (κ2) is 7.88. The Kier molecular flexibility index (Phi) is 4.97. The minimum absolute atomic E-state index is 0.0777. The van der Waals surface area contributed by atoms with Crippen molar-refractivity contribution < 1.29 is 9.21 Å². The molecule has 4 aromatic rings. The molecule has 28 heavy (non-hydrogen) atoms. The molecule has 1 heterocycles. The second-order valence-electron chi connectivity index (χ2n) is 6.59. The molecular formula is C23H19N3O2. The molecule has 4 rings (SSSR count). The van der Waals surface area contributed by atoms with Crippen LogP contribution in [0.3, 0.4) is 0 Å². The summed E-state index contributed by atoms with van der Waals surface area (Å²) in [5.74, 6) is 0.0823. The lowest BCUT2D eigenvalue weighted by Gasteiger charge is -2.04. The van der Waals surface area contributed by atoms with E-state index >= 15 is 0 Å². The number of aryl methyl sites for hydroxylation is 1. The van der Waals surface area contributed by atoms with Gasteiger partial charge in [0.1, 0.15) is 0 Å². The van der Waals surface area contributed by atoms with Crippen molar-refractivity contribution >= 4 is 11.9 Å². The van der Waals surface area contributed by atoms with Crippen LogP contribution in [0.25, 0.3) is 11.5 Å². The van der Waals surface area contributed by atoms with E-state index in [4.69, 9.17) is 4.42 Å². The Balaban J connectivity index is 1.42. The molecule has 0 unspecified atom stereocenters. The third kappa shape index (κ3) is 4.15. The summed E-state index contributed by atoms with van der Waals surface area (Å²) in [6, 6.07) is 25.5. The van der Waals surface area contributed by atoms with Crippen molar-refractivity contribution in [1.82, 2.24) is 10.2 Å². The summed E-state index contributed by atoms with van der Waals surface area (Å²) in [6.45, 7) is 2.01. The number of nitrogens with zero attached hydrogens (tertiary/aromatic N) is 2. The SMILES string of the molecule is Cc1ccc(-c2nnc(NC(=O)c3ccc(Cc4ccccc4)cc3)o2)cc1. The number of aromatic nitrogens is 2. The molecule has 1 N–H and O–H groups in total. The van der Waals surface area contributed by atoms with Crippen LogP contribution in [0.5, 0.6) is 0 Å². The van der Waals surface area contributed by atoms with Gasteiger partial charge >= 0.3 is 6.01 Å². The fourth-order valence-corrected chi connectivity index (χ4v) is 2.86. The van der Waals surface area contributed by atoms with E-state index in [1.807, 2.05) is 61.5 Å². The highest BCUT2D eigenvalue weighted by Gasteiger charge is 2.13. The predicted octanol–water partition coefficient (Wildman–Crippen LogP) is 4.89. The van der Waals surface area contributed by atoms with Crippen molar-refractivity contribution in [2.75, 3.05) is 5.32 Å². The van der Waals surface area contributed by atoms with Crippen LogP contribution in [0.2, 0.25) is 0 Å². The number of benzene rings is 3. The van der Waals surface area contributed by atoms with Gasteiger partial charge in [0.25, 0.3) is 5.91 Å². The van der Waals surface area contributed by atoms with Crippen LogP contribution in [0, 0.1) is 6.92 Å². The molecule has 1 amide bonds. The molecule has 0 bridgehead atoms. The van der Waals surface area contributed by atoms with Crippen molar-refractivity contribution in [2.24, 2.45) is 0 Å². The van der Waals surface area contributed by atoms with Gasteiger partial charge in [-0.15, -0.1) is 5.10 Å². The van der Waals surface area contributed by atoms with Gasteiger partial charge in [-0.3, -0.25) is 10.1 Å². The van der Waals surface area contributed by atoms with Crippen molar-refractivity contribution in [1.29, 1.82) is 0 Å². The van der Waals surface area contributed by atoms with Crippen molar-refractivity contribution in [2.45, 2.75) is 13.3 Å². The molecule has 0 aliphatic rings. The maximum absolute atomic E-state index is 12.4. The summed E-state index contributed by atoms with van der Waals surface area (Å²) in [5.41, 5.74) is 4.86. The van der Waals surface area contributed by atoms with E-state index in [0.29, 0.717) is 11.5 Å². The van der Waals surface area contributed by atoms with Crippen LogP contribution in [-0.4, -0.2) is 16.1 Å². The second-order valence-corrected chi connectivity index (χ2v) is 6.59. The van der Waals surface area contributed by atoms with Gasteiger partial charge in [0, 0.05) is 11.1 Å². The van der Waals surface area contributed by atoms with Crippen molar-refractivity contribution in [3.63, 3.8) is 0 Å². The van der Waals surface area contributed by atoms with Crippen LogP contribution in [0.4, 0.5) is 6.01 Å². The maximum Gasteiger partial charge on any atom is 0.322 e. The summed E-state index contributed by atoms with van der Waals surface area (Å²) in [4.78, 5) is 12.4. The van der Waals surface area contributed by atoms with Crippen LogP contribution < -0.4 is 5.32 Å². The zero-order valence-electron chi connectivity index (χ0n) is 15.4. The van der Waals surface area contributed by atoms with Crippen molar-refractivity contribution in [3.8, 4) is 11.5 Å². The highest BCUT2D eigenvalue weighted by atomic mass is 16.4. The quantitative estimate of drug-likeness (QED) is 0.544. The fourth-order valence-electron chi connectivity index (χ4n) is 2.86. The average molecular weight is 369 g/mol. The summed E-state index contributed by atoms with van der Waals surface area (Å²) >= 11 is 0. The number of hydrogen-bond donors (Lipinski definition) is 1. The molecule has 0 fully saturated rings. The number of nitrogens with one attached hydrogen (secondary N) is 1. The Morgan fingerprint density at radius 3 is 2.25 bits per heavy atom. The molecule has 5 heteroatoms. The highest BCUT2D eigenvalue weighted by Crippen LogP contribution is 2.20. The zero-order valence-corrected chi connectivity index (χ0v) is 15.4. The lowest BCUT2D eigenvalue weighted by molar-refractivity contribution is 0.102. The average Bonchev–Trinajstić information content (AvgIpc) is 3.18. The first-order chi connectivity index (χ1) is 13.7. The Morgan fingerprint density at radius 1 is 0.857 bits per heavy atom. The Labute approximate surface area is 163 Å². The summed E-state index contributed by atoms with van der Waals surface area (Å²) < 4.78 is 5.55. The van der Waals surface area contributed by atoms with Crippen LogP contribution in [0.1, 0.15) is 27.0 Å². The molecular weight excluding hydrogens is 350 g/mol. The van der Waals surface area contributed by atoms with Gasteiger partial charge in [-0.2, -0.15) is 0 Å². The number of hydrogen-bond acceptors (Lipinski definition) is 4. The van der Waals surface area contributed by atoms with Crippen LogP contribution in [0.15, 0.2) is 83.3 Å². The number of carbonyl (C=O) groups is 1. The highest BCUT2D eigenvalue weighted by molar-refractivity contribution is 6.03. The Morgan fingerprint density at radius 2 is 1.54 bits per heavy atom. The van der Waals surface area contributed by atoms with Gasteiger partial charge in [0.2, 0.25) is 5.89 Å². The molecule has 138 valence electrons. The molecule has 0 spiro atoms. The van der Waals surface area contributed by atoms with E-state index in [9.17, 15) is 4.79 Å². The van der Waals surface area contributed by atoms with Crippen molar-refractivity contribution in [3.05, 3.63) is 101 Å². The number of carbonyl (C=O) groups excluding carboxylic acids is 1. The number of rotatable bonds is 5. The maximum atomic E-state index is 12.4. The summed E-state index contributed by atoms with van der Waals surface area (Å²) in [7, 11) is 0. The van der Waals surface area contributed by atoms with Gasteiger partial charge in [0.15, 0.2) is 0 Å². The topological polar surface area (TPSA) is 68.0 Å². The lowest BCUT2D eigenvalue weighted by Crippen LogP contribution is -2.12. The third-order valence-electron chi connectivity index (χ3n) is 4.41. The molecule has 0 aliphatic carbocycles. The monoisotopic (exact) mass is 369 g/mol. The van der Waals surface area contributed by atoms with Gasteiger partial charge < -0.3 is 4.42 Å². The van der Waals surface area contributed by atoms with Crippen LogP contribution >= 0.6 is 0 Å². The van der Waals surface area contributed by atoms with E-state index in [0.717, 1.165) is 23.1 Å². The normalized spacial score (nSPS) is 10.6. The minimum Gasteiger partial charge on any atom is -0.403 e. The molecule has 0 radical (unpaired) electrons. The Bertz CT molecular complexity index is 1070. The van der Waals surface area contributed by atoms with E-state index in [-0.39, 0.29) is 11.9 Å².